The topological polar surface area (TPSA) is 152 Å². The van der Waals surface area contributed by atoms with E-state index in [4.69, 9.17) is 4.42 Å². The normalized spacial score (nSPS) is 12.1. The van der Waals surface area contributed by atoms with E-state index in [1.807, 2.05) is 6.26 Å². The van der Waals surface area contributed by atoms with Gasteiger partial charge in [0.1, 0.15) is 17.5 Å². The van der Waals surface area contributed by atoms with Crippen LogP contribution in [0.5, 0.6) is 0 Å². The first-order valence-electron chi connectivity index (χ1n) is 8.65. The van der Waals surface area contributed by atoms with Gasteiger partial charge in [0.25, 0.3) is 17.5 Å². The van der Waals surface area contributed by atoms with Crippen molar-refractivity contribution in [3.63, 3.8) is 0 Å². The second-order valence-electron chi connectivity index (χ2n) is 5.98. The van der Waals surface area contributed by atoms with Gasteiger partial charge in [-0.1, -0.05) is 6.07 Å². The molecule has 30 heavy (non-hydrogen) atoms. The lowest BCUT2D eigenvalue weighted by molar-refractivity contribution is -0.384. The van der Waals surface area contributed by atoms with Crippen molar-refractivity contribution in [1.29, 1.82) is 0 Å². The molecule has 2 aromatic rings. The van der Waals surface area contributed by atoms with Crippen LogP contribution in [0, 0.1) is 10.1 Å². The van der Waals surface area contributed by atoms with Gasteiger partial charge in [-0.05, 0) is 36.6 Å². The van der Waals surface area contributed by atoms with E-state index in [1.54, 1.807) is 6.07 Å². The fraction of sp³-hybridized carbons (Fsp3) is 0.211. The number of carboxylic acids is 1. The number of benzene rings is 1. The van der Waals surface area contributed by atoms with Gasteiger partial charge in [0, 0.05) is 23.8 Å². The third-order valence-corrected chi connectivity index (χ3v) is 4.50. The first kappa shape index (κ1) is 22.7. The Bertz CT molecular complexity index is 957. The molecular formula is C19H19N3O7S. The molecule has 0 aliphatic carbocycles. The van der Waals surface area contributed by atoms with Gasteiger partial charge in [-0.3, -0.25) is 19.7 Å². The first-order chi connectivity index (χ1) is 14.3. The number of hydrogen-bond acceptors (Lipinski definition) is 7. The van der Waals surface area contributed by atoms with Crippen molar-refractivity contribution in [2.45, 2.75) is 12.5 Å². The number of carbonyl (C=O) groups excluding carboxylic acids is 2. The summed E-state index contributed by atoms with van der Waals surface area (Å²) in [5.74, 6) is -2.06. The van der Waals surface area contributed by atoms with E-state index in [9.17, 15) is 29.6 Å². The Balaban J connectivity index is 2.26. The van der Waals surface area contributed by atoms with Gasteiger partial charge in [0.2, 0.25) is 0 Å². The van der Waals surface area contributed by atoms with E-state index in [0.717, 1.165) is 6.07 Å². The van der Waals surface area contributed by atoms with Gasteiger partial charge in [-0.25, -0.2) is 4.79 Å². The summed E-state index contributed by atoms with van der Waals surface area (Å²) in [7, 11) is 0. The molecule has 1 atom stereocenters. The molecule has 2 amide bonds. The quantitative estimate of drug-likeness (QED) is 0.293. The number of amides is 2. The van der Waals surface area contributed by atoms with Crippen LogP contribution >= 0.6 is 11.8 Å². The lowest BCUT2D eigenvalue weighted by atomic mass is 10.1. The van der Waals surface area contributed by atoms with E-state index in [2.05, 4.69) is 10.6 Å². The number of nitrogens with zero attached hydrogens (tertiary/aromatic N) is 1. The summed E-state index contributed by atoms with van der Waals surface area (Å²) in [5.41, 5.74) is -0.594. The second kappa shape index (κ2) is 10.8. The summed E-state index contributed by atoms with van der Waals surface area (Å²) in [4.78, 5) is 46.9. The molecule has 158 valence electrons. The van der Waals surface area contributed by atoms with Gasteiger partial charge < -0.3 is 20.2 Å². The number of non-ortho nitro benzene ring substituents is 1. The molecule has 10 nitrogen and oxygen atoms in total. The van der Waals surface area contributed by atoms with Crippen LogP contribution in [0.15, 0.2) is 52.8 Å². The number of nitro benzene ring substituents is 1. The maximum absolute atomic E-state index is 12.7. The molecule has 0 unspecified atom stereocenters. The van der Waals surface area contributed by atoms with Crippen molar-refractivity contribution in [2.75, 3.05) is 12.0 Å². The highest BCUT2D eigenvalue weighted by Gasteiger charge is 2.23. The van der Waals surface area contributed by atoms with Gasteiger partial charge >= 0.3 is 5.97 Å². The Morgan fingerprint density at radius 2 is 2.07 bits per heavy atom. The maximum Gasteiger partial charge on any atom is 0.326 e. The van der Waals surface area contributed by atoms with E-state index in [1.165, 1.54) is 48.4 Å². The van der Waals surface area contributed by atoms with E-state index >= 15 is 0 Å². The fourth-order valence-corrected chi connectivity index (χ4v) is 2.83. The molecule has 11 heteroatoms. The Kier molecular flexibility index (Phi) is 8.18. The molecule has 2 rings (SSSR count). The summed E-state index contributed by atoms with van der Waals surface area (Å²) in [6.45, 7) is 0. The van der Waals surface area contributed by atoms with Gasteiger partial charge in [0.05, 0.1) is 11.2 Å². The van der Waals surface area contributed by atoms with Crippen molar-refractivity contribution >= 4 is 41.3 Å². The third-order valence-electron chi connectivity index (χ3n) is 3.86. The fourth-order valence-electron chi connectivity index (χ4n) is 2.36. The minimum atomic E-state index is -1.21. The first-order valence-corrected chi connectivity index (χ1v) is 10.0. The highest BCUT2D eigenvalue weighted by atomic mass is 32.2. The summed E-state index contributed by atoms with van der Waals surface area (Å²) >= 11 is 1.43. The Morgan fingerprint density at radius 3 is 2.67 bits per heavy atom. The van der Waals surface area contributed by atoms with E-state index in [-0.39, 0.29) is 29.1 Å². The predicted molar refractivity (Wildman–Crippen MR) is 110 cm³/mol. The SMILES string of the molecule is CSCC[C@H](NC(=O)/C(=C/c1ccco1)NC(=O)c1cccc([N+](=O)[O-])c1)C(=O)O. The number of carboxylic acid groups (broad SMARTS) is 1. The van der Waals surface area contributed by atoms with Crippen molar-refractivity contribution in [1.82, 2.24) is 10.6 Å². The summed E-state index contributed by atoms with van der Waals surface area (Å²) < 4.78 is 5.15. The number of carbonyl (C=O) groups is 3. The standard InChI is InChI=1S/C19H19N3O7S/c1-30-9-7-15(19(25)26)20-18(24)16(11-14-6-3-8-29-14)21-17(23)12-4-2-5-13(10-12)22(27)28/h2-6,8,10-11,15H,7,9H2,1H3,(H,20,24)(H,21,23)(H,25,26)/b16-11-/t15-/m0/s1. The van der Waals surface area contributed by atoms with Gasteiger partial charge in [-0.15, -0.1) is 0 Å². The van der Waals surface area contributed by atoms with Crippen molar-refractivity contribution < 1.29 is 28.8 Å². The van der Waals surface area contributed by atoms with Crippen LogP contribution < -0.4 is 10.6 Å². The number of aliphatic carboxylic acids is 1. The number of thioether (sulfide) groups is 1. The molecule has 3 N–H and O–H groups in total. The Hall–Kier alpha value is -3.60. The van der Waals surface area contributed by atoms with Crippen molar-refractivity contribution in [2.24, 2.45) is 0 Å². The highest BCUT2D eigenvalue weighted by molar-refractivity contribution is 7.98. The molecule has 0 spiro atoms. The molecule has 1 aromatic carbocycles. The van der Waals surface area contributed by atoms with Crippen molar-refractivity contribution in [3.8, 4) is 0 Å². The number of hydrogen-bond donors (Lipinski definition) is 3. The second-order valence-corrected chi connectivity index (χ2v) is 6.97. The minimum absolute atomic E-state index is 0.0421. The molecule has 0 aliphatic rings. The molecule has 0 saturated carbocycles. The van der Waals surface area contributed by atoms with Crippen LogP contribution in [-0.2, 0) is 9.59 Å². The molecule has 1 heterocycles. The maximum atomic E-state index is 12.7. The molecule has 0 bridgehead atoms. The molecule has 0 radical (unpaired) electrons. The van der Waals surface area contributed by atoms with Crippen LogP contribution in [0.3, 0.4) is 0 Å². The van der Waals surface area contributed by atoms with E-state index in [0.29, 0.717) is 5.75 Å². The van der Waals surface area contributed by atoms with Crippen LogP contribution in [-0.4, -0.2) is 45.9 Å². The number of nitrogens with one attached hydrogen (secondary N) is 2. The zero-order chi connectivity index (χ0) is 22.1. The average Bonchev–Trinajstić information content (AvgIpc) is 3.23. The average molecular weight is 433 g/mol. The molecular weight excluding hydrogens is 414 g/mol. The minimum Gasteiger partial charge on any atom is -0.480 e. The van der Waals surface area contributed by atoms with Crippen molar-refractivity contribution in [3.05, 3.63) is 69.8 Å². The number of rotatable bonds is 10. The monoisotopic (exact) mass is 433 g/mol. The van der Waals surface area contributed by atoms with Crippen LogP contribution in [0.4, 0.5) is 5.69 Å². The van der Waals surface area contributed by atoms with Crippen LogP contribution in [0.1, 0.15) is 22.5 Å². The Labute approximate surface area is 175 Å². The zero-order valence-corrected chi connectivity index (χ0v) is 16.7. The van der Waals surface area contributed by atoms with Crippen LogP contribution in [0.25, 0.3) is 6.08 Å². The molecule has 0 saturated heterocycles. The number of nitro groups is 1. The van der Waals surface area contributed by atoms with Gasteiger partial charge in [0.15, 0.2) is 0 Å². The summed E-state index contributed by atoms with van der Waals surface area (Å²) in [6, 6.07) is 6.94. The smallest absolute Gasteiger partial charge is 0.326 e. The summed E-state index contributed by atoms with van der Waals surface area (Å²) in [5, 5.41) is 25.0. The number of furan rings is 1. The molecule has 0 aliphatic heterocycles. The lowest BCUT2D eigenvalue weighted by Crippen LogP contribution is -2.44. The zero-order valence-electron chi connectivity index (χ0n) is 15.9. The molecule has 0 fully saturated rings. The van der Waals surface area contributed by atoms with E-state index < -0.39 is 28.7 Å². The predicted octanol–water partition coefficient (Wildman–Crippen LogP) is 2.28. The molecule has 1 aromatic heterocycles. The largest absolute Gasteiger partial charge is 0.480 e. The lowest BCUT2D eigenvalue weighted by Gasteiger charge is -2.16. The summed E-state index contributed by atoms with van der Waals surface area (Å²) in [6.07, 6.45) is 4.59. The van der Waals surface area contributed by atoms with Gasteiger partial charge in [-0.2, -0.15) is 11.8 Å². The highest BCUT2D eigenvalue weighted by Crippen LogP contribution is 2.14. The van der Waals surface area contributed by atoms with Crippen LogP contribution in [0.2, 0.25) is 0 Å². The third kappa shape index (κ3) is 6.48. The Morgan fingerprint density at radius 1 is 1.30 bits per heavy atom.